The minimum atomic E-state index is 0.0393. The standard InChI is InChI=1S/C11H13NOS/c1-7(12-2)11-10(13)8-5-3-4-6-9(8)14-11/h3-7,11-12H,1-2H3. The number of Topliss-reactive ketones (excluding diaryl/α,β-unsaturated/α-hetero) is 1. The summed E-state index contributed by atoms with van der Waals surface area (Å²) in [7, 11) is 1.89. The summed E-state index contributed by atoms with van der Waals surface area (Å²) >= 11 is 1.66. The fourth-order valence-electron chi connectivity index (χ4n) is 1.60. The van der Waals surface area contributed by atoms with E-state index in [1.807, 2.05) is 38.2 Å². The average Bonchev–Trinajstić information content (AvgIpc) is 2.56. The molecule has 74 valence electrons. The van der Waals surface area contributed by atoms with Crippen LogP contribution in [0.25, 0.3) is 0 Å². The third kappa shape index (κ3) is 1.47. The molecule has 2 nitrogen and oxygen atoms in total. The van der Waals surface area contributed by atoms with Crippen molar-refractivity contribution >= 4 is 17.5 Å². The number of benzene rings is 1. The second-order valence-electron chi connectivity index (χ2n) is 3.48. The summed E-state index contributed by atoms with van der Waals surface area (Å²) < 4.78 is 0. The number of thioether (sulfide) groups is 1. The zero-order valence-electron chi connectivity index (χ0n) is 8.28. The van der Waals surface area contributed by atoms with Crippen molar-refractivity contribution in [3.8, 4) is 0 Å². The maximum absolute atomic E-state index is 11.9. The van der Waals surface area contributed by atoms with Crippen LogP contribution in [-0.2, 0) is 0 Å². The average molecular weight is 207 g/mol. The predicted molar refractivity (Wildman–Crippen MR) is 58.9 cm³/mol. The predicted octanol–water partition coefficient (Wildman–Crippen LogP) is 1.95. The van der Waals surface area contributed by atoms with Crippen LogP contribution in [0.15, 0.2) is 29.2 Å². The Labute approximate surface area is 88.1 Å². The Hall–Kier alpha value is -0.800. The van der Waals surface area contributed by atoms with Crippen LogP contribution in [0.4, 0.5) is 0 Å². The molecule has 2 rings (SSSR count). The third-order valence-electron chi connectivity index (χ3n) is 2.57. The van der Waals surface area contributed by atoms with Crippen molar-refractivity contribution < 1.29 is 4.79 Å². The van der Waals surface area contributed by atoms with Crippen LogP contribution < -0.4 is 5.32 Å². The van der Waals surface area contributed by atoms with Crippen LogP contribution in [0.3, 0.4) is 0 Å². The molecule has 0 aliphatic carbocycles. The number of hydrogen-bond acceptors (Lipinski definition) is 3. The van der Waals surface area contributed by atoms with Gasteiger partial charge in [0.2, 0.25) is 0 Å². The number of hydrogen-bond donors (Lipinski definition) is 1. The topological polar surface area (TPSA) is 29.1 Å². The number of rotatable bonds is 2. The Morgan fingerprint density at radius 3 is 2.79 bits per heavy atom. The molecule has 0 spiro atoms. The van der Waals surface area contributed by atoms with E-state index in [4.69, 9.17) is 0 Å². The summed E-state index contributed by atoms with van der Waals surface area (Å²) in [5.74, 6) is 0.257. The van der Waals surface area contributed by atoms with E-state index in [1.165, 1.54) is 0 Å². The van der Waals surface area contributed by atoms with Gasteiger partial charge in [-0.15, -0.1) is 11.8 Å². The van der Waals surface area contributed by atoms with Crippen LogP contribution in [-0.4, -0.2) is 24.1 Å². The van der Waals surface area contributed by atoms with Crippen LogP contribution in [0.2, 0.25) is 0 Å². The van der Waals surface area contributed by atoms with Gasteiger partial charge in [0.1, 0.15) is 0 Å². The fourth-order valence-corrected chi connectivity index (χ4v) is 2.90. The van der Waals surface area contributed by atoms with Gasteiger partial charge in [0.15, 0.2) is 5.78 Å². The second kappa shape index (κ2) is 3.75. The molecule has 1 aliphatic rings. The van der Waals surface area contributed by atoms with Crippen LogP contribution >= 0.6 is 11.8 Å². The number of nitrogens with one attached hydrogen (secondary N) is 1. The van der Waals surface area contributed by atoms with Gasteiger partial charge in [0.05, 0.1) is 5.25 Å². The van der Waals surface area contributed by atoms with Crippen molar-refractivity contribution in [2.75, 3.05) is 7.05 Å². The van der Waals surface area contributed by atoms with Gasteiger partial charge in [0, 0.05) is 16.5 Å². The Balaban J connectivity index is 2.30. The molecular formula is C11H13NOS. The Bertz CT molecular complexity index is 364. The summed E-state index contributed by atoms with van der Waals surface area (Å²) in [5, 5.41) is 3.17. The van der Waals surface area contributed by atoms with E-state index < -0.39 is 0 Å². The highest BCUT2D eigenvalue weighted by Crippen LogP contribution is 2.37. The smallest absolute Gasteiger partial charge is 0.178 e. The van der Waals surface area contributed by atoms with E-state index in [-0.39, 0.29) is 17.1 Å². The fraction of sp³-hybridized carbons (Fsp3) is 0.364. The zero-order valence-corrected chi connectivity index (χ0v) is 9.10. The molecule has 3 heteroatoms. The summed E-state index contributed by atoms with van der Waals surface area (Å²) in [6, 6.07) is 8.04. The van der Waals surface area contributed by atoms with Gasteiger partial charge in [0.25, 0.3) is 0 Å². The molecule has 1 aliphatic heterocycles. The van der Waals surface area contributed by atoms with Gasteiger partial charge in [-0.25, -0.2) is 0 Å². The van der Waals surface area contributed by atoms with E-state index in [9.17, 15) is 4.79 Å². The van der Waals surface area contributed by atoms with E-state index in [0.29, 0.717) is 0 Å². The summed E-state index contributed by atoms with van der Waals surface area (Å²) in [6.45, 7) is 2.04. The van der Waals surface area contributed by atoms with E-state index in [1.54, 1.807) is 11.8 Å². The first-order chi connectivity index (χ1) is 6.74. The molecule has 0 radical (unpaired) electrons. The number of carbonyl (C=O) groups is 1. The molecule has 1 aromatic carbocycles. The molecule has 0 saturated heterocycles. The van der Waals surface area contributed by atoms with Crippen molar-refractivity contribution in [2.24, 2.45) is 0 Å². The van der Waals surface area contributed by atoms with Crippen LogP contribution in [0, 0.1) is 0 Å². The second-order valence-corrected chi connectivity index (χ2v) is 4.66. The minimum Gasteiger partial charge on any atom is -0.316 e. The Morgan fingerprint density at radius 1 is 1.43 bits per heavy atom. The van der Waals surface area contributed by atoms with Gasteiger partial charge < -0.3 is 5.32 Å². The normalized spacial score (nSPS) is 22.1. The highest BCUT2D eigenvalue weighted by atomic mass is 32.2. The molecule has 0 bridgehead atoms. The van der Waals surface area contributed by atoms with Gasteiger partial charge in [-0.05, 0) is 20.0 Å². The molecule has 2 atom stereocenters. The lowest BCUT2D eigenvalue weighted by atomic mass is 10.1. The minimum absolute atomic E-state index is 0.0393. The number of ketones is 1. The molecule has 0 saturated carbocycles. The Morgan fingerprint density at radius 2 is 2.14 bits per heavy atom. The first-order valence-electron chi connectivity index (χ1n) is 4.71. The third-order valence-corrected chi connectivity index (χ3v) is 4.06. The van der Waals surface area contributed by atoms with Gasteiger partial charge >= 0.3 is 0 Å². The molecule has 0 amide bonds. The zero-order chi connectivity index (χ0) is 10.1. The van der Waals surface area contributed by atoms with E-state index in [0.717, 1.165) is 10.5 Å². The maximum Gasteiger partial charge on any atom is 0.178 e. The molecular weight excluding hydrogens is 194 g/mol. The monoisotopic (exact) mass is 207 g/mol. The molecule has 1 N–H and O–H groups in total. The Kier molecular flexibility index (Phi) is 2.61. The lowest BCUT2D eigenvalue weighted by Gasteiger charge is -2.15. The molecule has 14 heavy (non-hydrogen) atoms. The molecule has 2 unspecified atom stereocenters. The van der Waals surface area contributed by atoms with Crippen LogP contribution in [0.5, 0.6) is 0 Å². The SMILES string of the molecule is CNC(C)C1Sc2ccccc2C1=O. The first kappa shape index (κ1) is 9.74. The molecule has 1 heterocycles. The maximum atomic E-state index is 11.9. The lowest BCUT2D eigenvalue weighted by Crippen LogP contribution is -2.35. The largest absolute Gasteiger partial charge is 0.316 e. The van der Waals surface area contributed by atoms with Crippen molar-refractivity contribution in [1.29, 1.82) is 0 Å². The molecule has 0 fully saturated rings. The van der Waals surface area contributed by atoms with Crippen molar-refractivity contribution in [2.45, 2.75) is 23.1 Å². The molecule has 0 aromatic heterocycles. The number of fused-ring (bicyclic) bond motifs is 1. The first-order valence-corrected chi connectivity index (χ1v) is 5.59. The van der Waals surface area contributed by atoms with Crippen molar-refractivity contribution in [3.63, 3.8) is 0 Å². The lowest BCUT2D eigenvalue weighted by molar-refractivity contribution is 0.0982. The highest BCUT2D eigenvalue weighted by Gasteiger charge is 2.34. The quantitative estimate of drug-likeness (QED) is 0.803. The van der Waals surface area contributed by atoms with Gasteiger partial charge in [-0.3, -0.25) is 4.79 Å². The summed E-state index contributed by atoms with van der Waals surface area (Å²) in [5.41, 5.74) is 0.879. The van der Waals surface area contributed by atoms with Gasteiger partial charge in [-0.1, -0.05) is 18.2 Å². The van der Waals surface area contributed by atoms with Gasteiger partial charge in [-0.2, -0.15) is 0 Å². The van der Waals surface area contributed by atoms with Crippen molar-refractivity contribution in [1.82, 2.24) is 5.32 Å². The number of carbonyl (C=O) groups excluding carboxylic acids is 1. The van der Waals surface area contributed by atoms with Crippen molar-refractivity contribution in [3.05, 3.63) is 29.8 Å². The van der Waals surface area contributed by atoms with E-state index >= 15 is 0 Å². The highest BCUT2D eigenvalue weighted by molar-refractivity contribution is 8.01. The van der Waals surface area contributed by atoms with E-state index in [2.05, 4.69) is 5.32 Å². The van der Waals surface area contributed by atoms with Crippen LogP contribution in [0.1, 0.15) is 17.3 Å². The summed E-state index contributed by atoms with van der Waals surface area (Å²) in [6.07, 6.45) is 0. The molecule has 1 aromatic rings. The summed E-state index contributed by atoms with van der Waals surface area (Å²) in [4.78, 5) is 13.1.